The lowest BCUT2D eigenvalue weighted by molar-refractivity contribution is 0.625. The molecule has 0 amide bonds. The van der Waals surface area contributed by atoms with Gasteiger partial charge in [0.25, 0.3) is 0 Å². The molecule has 0 spiro atoms. The van der Waals surface area contributed by atoms with Gasteiger partial charge in [-0.1, -0.05) is 6.07 Å². The van der Waals surface area contributed by atoms with Crippen LogP contribution in [0.3, 0.4) is 0 Å². The highest BCUT2D eigenvalue weighted by molar-refractivity contribution is 7.09. The number of aromatic nitrogens is 1. The molecule has 0 bridgehead atoms. The number of hydrogen-bond donors (Lipinski definition) is 0. The molecule has 0 aliphatic carbocycles. The predicted molar refractivity (Wildman–Crippen MR) is 88.9 cm³/mol. The van der Waals surface area contributed by atoms with Crippen LogP contribution in [0.5, 0.6) is 0 Å². The number of nitrogens with zero attached hydrogens (tertiary/aromatic N) is 2. The van der Waals surface area contributed by atoms with Crippen molar-refractivity contribution in [1.82, 2.24) is 4.98 Å². The molecule has 0 unspecified atom stereocenters. The lowest BCUT2D eigenvalue weighted by Gasteiger charge is -2.23. The van der Waals surface area contributed by atoms with Crippen LogP contribution in [0.1, 0.15) is 30.5 Å². The Hall–Kier alpha value is -1.13. The summed E-state index contributed by atoms with van der Waals surface area (Å²) in [5.74, 6) is 0.307. The fourth-order valence-corrected chi connectivity index (χ4v) is 3.32. The number of benzene rings is 1. The largest absolute Gasteiger partial charge is 0.372 e. The third-order valence-electron chi connectivity index (χ3n) is 3.36. The zero-order valence-corrected chi connectivity index (χ0v) is 13.8. The summed E-state index contributed by atoms with van der Waals surface area (Å²) in [4.78, 5) is 6.66. The van der Waals surface area contributed by atoms with E-state index in [1.165, 1.54) is 6.07 Å². The summed E-state index contributed by atoms with van der Waals surface area (Å²) < 4.78 is 13.3. The highest BCUT2D eigenvalue weighted by Gasteiger charge is 2.06. The van der Waals surface area contributed by atoms with Crippen LogP contribution in [-0.4, -0.2) is 18.1 Å². The fourth-order valence-electron chi connectivity index (χ4n) is 2.25. The normalized spacial score (nSPS) is 10.8. The summed E-state index contributed by atoms with van der Waals surface area (Å²) >= 11 is 7.43. The molecule has 2 nitrogen and oxygen atoms in total. The minimum atomic E-state index is -0.178. The number of hydrogen-bond acceptors (Lipinski definition) is 3. The number of halogens is 2. The molecule has 0 atom stereocenters. The van der Waals surface area contributed by atoms with Crippen LogP contribution in [0.4, 0.5) is 10.1 Å². The first-order chi connectivity index (χ1) is 10.2. The van der Waals surface area contributed by atoms with Crippen molar-refractivity contribution in [1.29, 1.82) is 0 Å². The number of rotatable bonds is 8. The van der Waals surface area contributed by atoms with Crippen LogP contribution < -0.4 is 4.90 Å². The molecule has 21 heavy (non-hydrogen) atoms. The van der Waals surface area contributed by atoms with Crippen molar-refractivity contribution in [2.75, 3.05) is 18.0 Å². The second kappa shape index (κ2) is 8.35. The molecule has 0 aliphatic rings. The predicted octanol–water partition coefficient (Wildman–Crippen LogP) is 4.87. The summed E-state index contributed by atoms with van der Waals surface area (Å²) in [6.45, 7) is 3.92. The van der Waals surface area contributed by atoms with Crippen molar-refractivity contribution in [2.24, 2.45) is 0 Å². The smallest absolute Gasteiger partial charge is 0.125 e. The summed E-state index contributed by atoms with van der Waals surface area (Å²) in [7, 11) is 0. The topological polar surface area (TPSA) is 16.1 Å². The molecule has 2 rings (SSSR count). The molecule has 0 saturated carbocycles. The van der Waals surface area contributed by atoms with E-state index in [1.807, 2.05) is 11.4 Å². The van der Waals surface area contributed by atoms with Crippen LogP contribution in [0.25, 0.3) is 0 Å². The van der Waals surface area contributed by atoms with Crippen molar-refractivity contribution in [3.63, 3.8) is 0 Å². The van der Waals surface area contributed by atoms with Crippen molar-refractivity contribution in [2.45, 2.75) is 32.1 Å². The van der Waals surface area contributed by atoms with Crippen LogP contribution in [0.2, 0.25) is 0 Å². The molecule has 0 radical (unpaired) electrons. The molecule has 1 aromatic carbocycles. The Morgan fingerprint density at radius 2 is 2.19 bits per heavy atom. The summed E-state index contributed by atoms with van der Waals surface area (Å²) in [5.41, 5.74) is 1.92. The Balaban J connectivity index is 1.78. The second-order valence-corrected chi connectivity index (χ2v) is 6.09. The minimum Gasteiger partial charge on any atom is -0.372 e. The van der Waals surface area contributed by atoms with E-state index in [-0.39, 0.29) is 5.82 Å². The molecule has 114 valence electrons. The highest BCUT2D eigenvalue weighted by Crippen LogP contribution is 2.17. The Kier molecular flexibility index (Phi) is 6.46. The number of thiazole rings is 1. The van der Waals surface area contributed by atoms with Gasteiger partial charge in [0.1, 0.15) is 5.82 Å². The van der Waals surface area contributed by atoms with E-state index >= 15 is 0 Å². The van der Waals surface area contributed by atoms with Crippen molar-refractivity contribution in [3.05, 3.63) is 46.2 Å². The lowest BCUT2D eigenvalue weighted by Crippen LogP contribution is -2.24. The van der Waals surface area contributed by atoms with Crippen LogP contribution in [0, 0.1) is 5.82 Å². The Labute approximate surface area is 134 Å². The first kappa shape index (κ1) is 16.2. The first-order valence-corrected chi connectivity index (χ1v) is 8.64. The van der Waals surface area contributed by atoms with Gasteiger partial charge < -0.3 is 4.90 Å². The molecule has 1 aromatic heterocycles. The molecule has 0 fully saturated rings. The van der Waals surface area contributed by atoms with Gasteiger partial charge in [-0.2, -0.15) is 0 Å². The van der Waals surface area contributed by atoms with Crippen molar-refractivity contribution in [3.8, 4) is 0 Å². The van der Waals surface area contributed by atoms with E-state index in [4.69, 9.17) is 11.6 Å². The molecule has 0 saturated heterocycles. The quantitative estimate of drug-likeness (QED) is 0.508. The van der Waals surface area contributed by atoms with Crippen LogP contribution >= 0.6 is 22.9 Å². The van der Waals surface area contributed by atoms with Gasteiger partial charge in [0.2, 0.25) is 0 Å². The third-order valence-corrected chi connectivity index (χ3v) is 4.59. The Bertz CT molecular complexity index is 559. The standard InChI is InChI=1S/C16H20ClFN2S/c1-2-20(15-7-5-6-13(18)10-15)9-4-3-8-16-19-14(11-17)12-21-16/h5-7,10,12H,2-4,8-9,11H2,1H3. The SMILES string of the molecule is CCN(CCCCc1nc(CCl)cs1)c1cccc(F)c1. The highest BCUT2D eigenvalue weighted by atomic mass is 35.5. The average molecular weight is 327 g/mol. The van der Waals surface area contributed by atoms with Gasteiger partial charge in [-0.25, -0.2) is 9.37 Å². The molecular formula is C16H20ClFN2S. The van der Waals surface area contributed by atoms with Gasteiger partial charge in [-0.05, 0) is 44.4 Å². The maximum absolute atomic E-state index is 13.3. The maximum Gasteiger partial charge on any atom is 0.125 e. The monoisotopic (exact) mass is 326 g/mol. The first-order valence-electron chi connectivity index (χ1n) is 7.22. The molecule has 0 N–H and O–H groups in total. The maximum atomic E-state index is 13.3. The van der Waals surface area contributed by atoms with E-state index in [0.717, 1.165) is 48.7 Å². The summed E-state index contributed by atoms with van der Waals surface area (Å²) in [6, 6.07) is 6.79. The number of unbranched alkanes of at least 4 members (excludes halogenated alkanes) is 1. The van der Waals surface area contributed by atoms with Gasteiger partial charge in [0, 0.05) is 24.2 Å². The molecule has 1 heterocycles. The van der Waals surface area contributed by atoms with E-state index in [0.29, 0.717) is 5.88 Å². The van der Waals surface area contributed by atoms with Gasteiger partial charge in [-0.3, -0.25) is 0 Å². The fraction of sp³-hybridized carbons (Fsp3) is 0.438. The Morgan fingerprint density at radius 1 is 1.33 bits per heavy atom. The van der Waals surface area contributed by atoms with Gasteiger partial charge in [0.05, 0.1) is 16.6 Å². The van der Waals surface area contributed by atoms with E-state index < -0.39 is 0 Å². The van der Waals surface area contributed by atoms with Gasteiger partial charge in [0.15, 0.2) is 0 Å². The number of anilines is 1. The lowest BCUT2D eigenvalue weighted by atomic mass is 10.2. The van der Waals surface area contributed by atoms with Crippen molar-refractivity contribution >= 4 is 28.6 Å². The zero-order valence-electron chi connectivity index (χ0n) is 12.2. The van der Waals surface area contributed by atoms with Gasteiger partial charge in [-0.15, -0.1) is 22.9 Å². The molecule has 5 heteroatoms. The van der Waals surface area contributed by atoms with Crippen LogP contribution in [-0.2, 0) is 12.3 Å². The number of aryl methyl sites for hydroxylation is 1. The molecular weight excluding hydrogens is 307 g/mol. The second-order valence-electron chi connectivity index (χ2n) is 4.88. The summed E-state index contributed by atoms with van der Waals surface area (Å²) in [6.07, 6.45) is 3.14. The van der Waals surface area contributed by atoms with E-state index in [2.05, 4.69) is 16.8 Å². The minimum absolute atomic E-state index is 0.178. The zero-order chi connectivity index (χ0) is 15.1. The summed E-state index contributed by atoms with van der Waals surface area (Å²) in [5, 5.41) is 3.17. The Morgan fingerprint density at radius 3 is 2.86 bits per heavy atom. The van der Waals surface area contributed by atoms with Crippen LogP contribution in [0.15, 0.2) is 29.6 Å². The van der Waals surface area contributed by atoms with Crippen molar-refractivity contribution < 1.29 is 4.39 Å². The van der Waals surface area contributed by atoms with E-state index in [9.17, 15) is 4.39 Å². The van der Waals surface area contributed by atoms with E-state index in [1.54, 1.807) is 23.5 Å². The number of alkyl halides is 1. The molecule has 2 aromatic rings. The van der Waals surface area contributed by atoms with Gasteiger partial charge >= 0.3 is 0 Å². The third kappa shape index (κ3) is 4.97. The average Bonchev–Trinajstić information content (AvgIpc) is 2.95. The molecule has 0 aliphatic heterocycles.